The molecule has 0 bridgehead atoms. The number of unbranched alkanes of at least 4 members (excludes halogenated alkanes) is 6. The summed E-state index contributed by atoms with van der Waals surface area (Å²) in [5, 5.41) is 3.00. The van der Waals surface area contributed by atoms with Crippen molar-refractivity contribution in [3.05, 3.63) is 35.4 Å². The Hall–Kier alpha value is -1.31. The van der Waals surface area contributed by atoms with E-state index in [2.05, 4.69) is 12.2 Å². The summed E-state index contributed by atoms with van der Waals surface area (Å²) < 4.78 is 0. The first-order valence-electron chi connectivity index (χ1n) is 7.59. The van der Waals surface area contributed by atoms with Crippen molar-refractivity contribution in [2.45, 2.75) is 58.8 Å². The summed E-state index contributed by atoms with van der Waals surface area (Å²) in [6, 6.07) is 7.73. The average molecular weight is 261 g/mol. The van der Waals surface area contributed by atoms with Crippen LogP contribution in [0.5, 0.6) is 0 Å². The minimum atomic E-state index is 0.0593. The first kappa shape index (κ1) is 15.7. The van der Waals surface area contributed by atoms with Gasteiger partial charge in [0.05, 0.1) is 0 Å². The summed E-state index contributed by atoms with van der Waals surface area (Å²) in [4.78, 5) is 11.9. The highest BCUT2D eigenvalue weighted by molar-refractivity contribution is 5.95. The lowest BCUT2D eigenvalue weighted by atomic mass is 10.1. The van der Waals surface area contributed by atoms with E-state index in [1.54, 1.807) is 0 Å². The fraction of sp³-hybridized carbons (Fsp3) is 0.588. The highest BCUT2D eigenvalue weighted by Gasteiger charge is 2.06. The van der Waals surface area contributed by atoms with Crippen LogP contribution in [0, 0.1) is 6.92 Å². The Labute approximate surface area is 117 Å². The van der Waals surface area contributed by atoms with E-state index in [9.17, 15) is 4.79 Å². The molecule has 1 rings (SSSR count). The average Bonchev–Trinajstić information content (AvgIpc) is 2.42. The van der Waals surface area contributed by atoms with Crippen molar-refractivity contribution >= 4 is 5.91 Å². The van der Waals surface area contributed by atoms with Gasteiger partial charge in [0.25, 0.3) is 5.91 Å². The highest BCUT2D eigenvalue weighted by Crippen LogP contribution is 2.08. The zero-order chi connectivity index (χ0) is 13.9. The number of carbonyl (C=O) groups is 1. The predicted molar refractivity (Wildman–Crippen MR) is 81.5 cm³/mol. The molecule has 1 amide bonds. The van der Waals surface area contributed by atoms with Crippen LogP contribution < -0.4 is 5.32 Å². The Morgan fingerprint density at radius 1 is 1.00 bits per heavy atom. The molecule has 0 aliphatic carbocycles. The number of nitrogens with one attached hydrogen (secondary N) is 1. The van der Waals surface area contributed by atoms with Crippen molar-refractivity contribution in [2.75, 3.05) is 6.54 Å². The maximum absolute atomic E-state index is 11.9. The van der Waals surface area contributed by atoms with Crippen molar-refractivity contribution in [1.29, 1.82) is 0 Å². The largest absolute Gasteiger partial charge is 0.352 e. The Morgan fingerprint density at radius 2 is 1.63 bits per heavy atom. The molecule has 0 aliphatic rings. The summed E-state index contributed by atoms with van der Waals surface area (Å²) in [5.41, 5.74) is 1.84. The van der Waals surface area contributed by atoms with Gasteiger partial charge >= 0.3 is 0 Å². The Kier molecular flexibility index (Phi) is 7.95. The number of hydrogen-bond acceptors (Lipinski definition) is 1. The topological polar surface area (TPSA) is 29.1 Å². The fourth-order valence-electron chi connectivity index (χ4n) is 2.21. The Morgan fingerprint density at radius 3 is 2.32 bits per heavy atom. The summed E-state index contributed by atoms with van der Waals surface area (Å²) in [6.07, 6.45) is 8.93. The van der Waals surface area contributed by atoms with Gasteiger partial charge in [0.1, 0.15) is 0 Å². The molecule has 2 heteroatoms. The van der Waals surface area contributed by atoms with E-state index in [4.69, 9.17) is 0 Å². The van der Waals surface area contributed by atoms with Gasteiger partial charge in [-0.2, -0.15) is 0 Å². The highest BCUT2D eigenvalue weighted by atomic mass is 16.1. The van der Waals surface area contributed by atoms with Crippen LogP contribution in [0.2, 0.25) is 0 Å². The number of carbonyl (C=O) groups excluding carboxylic acids is 1. The van der Waals surface area contributed by atoms with E-state index in [-0.39, 0.29) is 5.91 Å². The molecule has 0 radical (unpaired) electrons. The molecule has 106 valence electrons. The monoisotopic (exact) mass is 261 g/mol. The Balaban J connectivity index is 2.10. The van der Waals surface area contributed by atoms with Gasteiger partial charge in [0.2, 0.25) is 0 Å². The predicted octanol–water partition coefficient (Wildman–Crippen LogP) is 4.48. The van der Waals surface area contributed by atoms with E-state index in [1.807, 2.05) is 31.2 Å². The van der Waals surface area contributed by atoms with Gasteiger partial charge in [-0.25, -0.2) is 0 Å². The molecule has 19 heavy (non-hydrogen) atoms. The zero-order valence-corrected chi connectivity index (χ0v) is 12.4. The Bertz CT molecular complexity index is 373. The third kappa shape index (κ3) is 6.42. The van der Waals surface area contributed by atoms with Crippen LogP contribution in [-0.2, 0) is 0 Å². The van der Waals surface area contributed by atoms with E-state index >= 15 is 0 Å². The number of amides is 1. The van der Waals surface area contributed by atoms with Crippen LogP contribution in [0.3, 0.4) is 0 Å². The van der Waals surface area contributed by atoms with E-state index in [1.165, 1.54) is 38.5 Å². The lowest BCUT2D eigenvalue weighted by Crippen LogP contribution is -2.25. The van der Waals surface area contributed by atoms with Gasteiger partial charge < -0.3 is 5.32 Å². The van der Waals surface area contributed by atoms with Gasteiger partial charge in [-0.3, -0.25) is 4.79 Å². The minimum Gasteiger partial charge on any atom is -0.352 e. The van der Waals surface area contributed by atoms with Gasteiger partial charge in [0.15, 0.2) is 0 Å². The van der Waals surface area contributed by atoms with Crippen molar-refractivity contribution in [3.63, 3.8) is 0 Å². The second kappa shape index (κ2) is 9.60. The quantitative estimate of drug-likeness (QED) is 0.653. The number of hydrogen-bond donors (Lipinski definition) is 1. The molecular weight excluding hydrogens is 234 g/mol. The number of rotatable bonds is 9. The molecule has 0 unspecified atom stereocenters. The summed E-state index contributed by atoms with van der Waals surface area (Å²) in [5.74, 6) is 0.0593. The van der Waals surface area contributed by atoms with E-state index in [0.717, 1.165) is 24.1 Å². The molecule has 1 N–H and O–H groups in total. The number of aryl methyl sites for hydroxylation is 1. The molecule has 0 spiro atoms. The van der Waals surface area contributed by atoms with Gasteiger partial charge in [-0.05, 0) is 25.0 Å². The standard InChI is InChI=1S/C17H27NO/c1-3-4-5-6-7-8-11-14-18-17(19)16-13-10-9-12-15(16)2/h9-10,12-13H,3-8,11,14H2,1-2H3,(H,18,19). The zero-order valence-electron chi connectivity index (χ0n) is 12.4. The lowest BCUT2D eigenvalue weighted by molar-refractivity contribution is 0.0952. The van der Waals surface area contributed by atoms with Crippen molar-refractivity contribution in [3.8, 4) is 0 Å². The third-order valence-electron chi connectivity index (χ3n) is 3.46. The summed E-state index contributed by atoms with van der Waals surface area (Å²) in [6.45, 7) is 5.00. The van der Waals surface area contributed by atoms with Crippen molar-refractivity contribution < 1.29 is 4.79 Å². The van der Waals surface area contributed by atoms with Crippen LogP contribution in [0.1, 0.15) is 67.8 Å². The molecule has 2 nitrogen and oxygen atoms in total. The van der Waals surface area contributed by atoms with Crippen molar-refractivity contribution in [1.82, 2.24) is 5.32 Å². The first-order valence-corrected chi connectivity index (χ1v) is 7.59. The normalized spacial score (nSPS) is 10.4. The molecule has 1 aromatic rings. The van der Waals surface area contributed by atoms with Gasteiger partial charge in [0, 0.05) is 12.1 Å². The van der Waals surface area contributed by atoms with Crippen LogP contribution in [0.15, 0.2) is 24.3 Å². The molecule has 0 fully saturated rings. The van der Waals surface area contributed by atoms with Crippen LogP contribution in [0.4, 0.5) is 0 Å². The first-order chi connectivity index (χ1) is 9.25. The van der Waals surface area contributed by atoms with Gasteiger partial charge in [-0.1, -0.05) is 63.6 Å². The van der Waals surface area contributed by atoms with E-state index in [0.29, 0.717) is 0 Å². The van der Waals surface area contributed by atoms with Crippen LogP contribution in [-0.4, -0.2) is 12.5 Å². The summed E-state index contributed by atoms with van der Waals surface area (Å²) in [7, 11) is 0. The molecule has 0 saturated carbocycles. The minimum absolute atomic E-state index is 0.0593. The molecular formula is C17H27NO. The summed E-state index contributed by atoms with van der Waals surface area (Å²) >= 11 is 0. The van der Waals surface area contributed by atoms with Gasteiger partial charge in [-0.15, -0.1) is 0 Å². The second-order valence-corrected chi connectivity index (χ2v) is 5.19. The van der Waals surface area contributed by atoms with E-state index < -0.39 is 0 Å². The maximum Gasteiger partial charge on any atom is 0.251 e. The fourth-order valence-corrected chi connectivity index (χ4v) is 2.21. The molecule has 0 aliphatic heterocycles. The lowest BCUT2D eigenvalue weighted by Gasteiger charge is -2.07. The maximum atomic E-state index is 11.9. The van der Waals surface area contributed by atoms with Crippen LogP contribution in [0.25, 0.3) is 0 Å². The molecule has 0 heterocycles. The molecule has 0 aromatic heterocycles. The number of benzene rings is 1. The van der Waals surface area contributed by atoms with Crippen molar-refractivity contribution in [2.24, 2.45) is 0 Å². The molecule has 0 saturated heterocycles. The third-order valence-corrected chi connectivity index (χ3v) is 3.46. The molecule has 1 aromatic carbocycles. The molecule has 0 atom stereocenters. The SMILES string of the molecule is CCCCCCCCCNC(=O)c1ccccc1C. The second-order valence-electron chi connectivity index (χ2n) is 5.19. The smallest absolute Gasteiger partial charge is 0.251 e. The van der Waals surface area contributed by atoms with Crippen LogP contribution >= 0.6 is 0 Å².